The third-order valence-electron chi connectivity index (χ3n) is 4.33. The van der Waals surface area contributed by atoms with Gasteiger partial charge in [-0.15, -0.1) is 0 Å². The van der Waals surface area contributed by atoms with E-state index in [1.807, 2.05) is 23.9 Å². The van der Waals surface area contributed by atoms with Crippen LogP contribution in [0.4, 0.5) is 5.95 Å². The first kappa shape index (κ1) is 15.2. The summed E-state index contributed by atoms with van der Waals surface area (Å²) in [6.07, 6.45) is 3.62. The molecule has 0 bridgehead atoms. The van der Waals surface area contributed by atoms with E-state index in [4.69, 9.17) is 4.74 Å². The van der Waals surface area contributed by atoms with Crippen molar-refractivity contribution in [1.29, 1.82) is 0 Å². The van der Waals surface area contributed by atoms with Gasteiger partial charge in [0.2, 0.25) is 11.9 Å². The minimum absolute atomic E-state index is 0.176. The zero-order valence-electron chi connectivity index (χ0n) is 13.1. The molecule has 2 saturated heterocycles. The zero-order valence-corrected chi connectivity index (χ0v) is 13.1. The van der Waals surface area contributed by atoms with Crippen LogP contribution < -0.4 is 5.32 Å². The first-order valence-electron chi connectivity index (χ1n) is 7.68. The number of hydrogen-bond donors (Lipinski definition) is 1. The van der Waals surface area contributed by atoms with Gasteiger partial charge in [0.05, 0.1) is 19.3 Å². The smallest absolute Gasteiger partial charge is 0.236 e. The van der Waals surface area contributed by atoms with Crippen LogP contribution in [-0.4, -0.2) is 78.7 Å². The molecule has 3 rings (SSSR count). The average molecular weight is 305 g/mol. The summed E-state index contributed by atoms with van der Waals surface area (Å²) in [5.74, 6) is 1.62. The topological polar surface area (TPSA) is 70.6 Å². The average Bonchev–Trinajstić information content (AvgIpc) is 3.06. The first-order chi connectivity index (χ1) is 10.6. The zero-order chi connectivity index (χ0) is 15.5. The summed E-state index contributed by atoms with van der Waals surface area (Å²) in [4.78, 5) is 24.3. The summed E-state index contributed by atoms with van der Waals surface area (Å²) in [7, 11) is 3.83. The lowest BCUT2D eigenvalue weighted by molar-refractivity contribution is -0.131. The summed E-state index contributed by atoms with van der Waals surface area (Å²) in [5, 5.41) is 3.26. The lowest BCUT2D eigenvalue weighted by Crippen LogP contribution is -2.38. The van der Waals surface area contributed by atoms with E-state index in [9.17, 15) is 4.79 Å². The largest absolute Gasteiger partial charge is 0.376 e. The standard InChI is InChI=1S/C15H23N5O2/c1-19(2)9-14(21)20-7-12-11(10-22-13(12)8-20)6-18-15-16-4-3-5-17-15/h3-5,11-13H,6-10H2,1-2H3,(H,16,17,18)/t11-,12+,13+/m0/s1. The van der Waals surface area contributed by atoms with Gasteiger partial charge in [0, 0.05) is 43.9 Å². The fourth-order valence-corrected chi connectivity index (χ4v) is 3.20. The van der Waals surface area contributed by atoms with Gasteiger partial charge < -0.3 is 19.9 Å². The molecule has 0 unspecified atom stereocenters. The van der Waals surface area contributed by atoms with E-state index in [1.54, 1.807) is 18.5 Å². The maximum Gasteiger partial charge on any atom is 0.236 e. The molecule has 7 heteroatoms. The Balaban J connectivity index is 1.53. The molecule has 0 aromatic carbocycles. The van der Waals surface area contributed by atoms with Crippen molar-refractivity contribution < 1.29 is 9.53 Å². The van der Waals surface area contributed by atoms with E-state index in [-0.39, 0.29) is 12.0 Å². The van der Waals surface area contributed by atoms with Gasteiger partial charge in [-0.3, -0.25) is 4.79 Å². The van der Waals surface area contributed by atoms with Crippen molar-refractivity contribution in [2.75, 3.05) is 52.2 Å². The maximum atomic E-state index is 12.2. The van der Waals surface area contributed by atoms with Crippen molar-refractivity contribution in [3.63, 3.8) is 0 Å². The molecule has 3 atom stereocenters. The Morgan fingerprint density at radius 3 is 2.91 bits per heavy atom. The molecular weight excluding hydrogens is 282 g/mol. The Morgan fingerprint density at radius 1 is 1.41 bits per heavy atom. The number of nitrogens with one attached hydrogen (secondary N) is 1. The van der Waals surface area contributed by atoms with Crippen LogP contribution in [0.5, 0.6) is 0 Å². The number of rotatable bonds is 5. The fourth-order valence-electron chi connectivity index (χ4n) is 3.20. The molecule has 0 spiro atoms. The number of aromatic nitrogens is 2. The summed E-state index contributed by atoms with van der Waals surface area (Å²) in [6, 6.07) is 1.80. The minimum Gasteiger partial charge on any atom is -0.376 e. The molecule has 3 heterocycles. The van der Waals surface area contributed by atoms with Crippen LogP contribution in [0.2, 0.25) is 0 Å². The highest BCUT2D eigenvalue weighted by molar-refractivity contribution is 5.78. The van der Waals surface area contributed by atoms with E-state index >= 15 is 0 Å². The van der Waals surface area contributed by atoms with Gasteiger partial charge in [0.25, 0.3) is 0 Å². The van der Waals surface area contributed by atoms with Gasteiger partial charge in [-0.1, -0.05) is 0 Å². The molecule has 120 valence electrons. The Morgan fingerprint density at radius 2 is 2.18 bits per heavy atom. The predicted octanol–water partition coefficient (Wildman–Crippen LogP) is -0.0765. The second kappa shape index (κ2) is 6.58. The molecule has 1 amide bonds. The van der Waals surface area contributed by atoms with Crippen LogP contribution in [0.15, 0.2) is 18.5 Å². The number of ether oxygens (including phenoxy) is 1. The van der Waals surface area contributed by atoms with Gasteiger partial charge in [0.1, 0.15) is 0 Å². The minimum atomic E-state index is 0.176. The maximum absolute atomic E-state index is 12.2. The van der Waals surface area contributed by atoms with Crippen LogP contribution in [0, 0.1) is 11.8 Å². The molecule has 2 fully saturated rings. The summed E-state index contributed by atoms with van der Waals surface area (Å²) in [5.41, 5.74) is 0. The molecule has 1 aromatic rings. The van der Waals surface area contributed by atoms with Crippen LogP contribution >= 0.6 is 0 Å². The number of nitrogens with zero attached hydrogens (tertiary/aromatic N) is 4. The van der Waals surface area contributed by atoms with E-state index in [2.05, 4.69) is 15.3 Å². The van der Waals surface area contributed by atoms with Crippen molar-refractivity contribution in [3.05, 3.63) is 18.5 Å². The third-order valence-corrected chi connectivity index (χ3v) is 4.33. The number of likely N-dealkylation sites (N-methyl/N-ethyl adjacent to an activating group) is 1. The number of carbonyl (C=O) groups is 1. The highest BCUT2D eigenvalue weighted by atomic mass is 16.5. The number of hydrogen-bond acceptors (Lipinski definition) is 6. The SMILES string of the molecule is CN(C)CC(=O)N1C[C@@H]2[C@@H](CNc3ncccn3)CO[C@@H]2C1. The second-order valence-corrected chi connectivity index (χ2v) is 6.29. The highest BCUT2D eigenvalue weighted by Gasteiger charge is 2.44. The fraction of sp³-hybridized carbons (Fsp3) is 0.667. The normalized spacial score (nSPS) is 27.2. The highest BCUT2D eigenvalue weighted by Crippen LogP contribution is 2.33. The Kier molecular flexibility index (Phi) is 4.54. The van der Waals surface area contributed by atoms with Gasteiger partial charge in [-0.2, -0.15) is 0 Å². The molecule has 2 aliphatic heterocycles. The molecule has 1 aromatic heterocycles. The molecule has 1 N–H and O–H groups in total. The number of amides is 1. The third kappa shape index (κ3) is 3.36. The molecule has 22 heavy (non-hydrogen) atoms. The molecular formula is C15H23N5O2. The van der Waals surface area contributed by atoms with Crippen molar-refractivity contribution in [1.82, 2.24) is 19.8 Å². The second-order valence-electron chi connectivity index (χ2n) is 6.29. The Labute approximate surface area is 130 Å². The number of carbonyl (C=O) groups excluding carboxylic acids is 1. The summed E-state index contributed by atoms with van der Waals surface area (Å²) >= 11 is 0. The van der Waals surface area contributed by atoms with Gasteiger partial charge in [0.15, 0.2) is 0 Å². The van der Waals surface area contributed by atoms with Crippen molar-refractivity contribution in [2.45, 2.75) is 6.10 Å². The first-order valence-corrected chi connectivity index (χ1v) is 7.68. The van der Waals surface area contributed by atoms with Crippen LogP contribution in [0.1, 0.15) is 0 Å². The molecule has 0 radical (unpaired) electrons. The lowest BCUT2D eigenvalue weighted by Gasteiger charge is -2.21. The Hall–Kier alpha value is -1.73. The molecule has 0 saturated carbocycles. The van der Waals surface area contributed by atoms with Crippen molar-refractivity contribution in [2.24, 2.45) is 11.8 Å². The van der Waals surface area contributed by atoms with Crippen molar-refractivity contribution >= 4 is 11.9 Å². The van der Waals surface area contributed by atoms with Gasteiger partial charge >= 0.3 is 0 Å². The van der Waals surface area contributed by atoms with E-state index < -0.39 is 0 Å². The monoisotopic (exact) mass is 305 g/mol. The number of anilines is 1. The van der Waals surface area contributed by atoms with Gasteiger partial charge in [-0.05, 0) is 20.2 Å². The van der Waals surface area contributed by atoms with E-state index in [0.29, 0.717) is 24.3 Å². The number of likely N-dealkylation sites (tertiary alicyclic amines) is 1. The van der Waals surface area contributed by atoms with Gasteiger partial charge in [-0.25, -0.2) is 9.97 Å². The predicted molar refractivity (Wildman–Crippen MR) is 82.4 cm³/mol. The van der Waals surface area contributed by atoms with Crippen LogP contribution in [-0.2, 0) is 9.53 Å². The summed E-state index contributed by atoms with van der Waals surface area (Å²) in [6.45, 7) is 3.49. The van der Waals surface area contributed by atoms with Crippen LogP contribution in [0.3, 0.4) is 0 Å². The lowest BCUT2D eigenvalue weighted by atomic mass is 9.93. The van der Waals surface area contributed by atoms with E-state index in [1.165, 1.54) is 0 Å². The van der Waals surface area contributed by atoms with E-state index in [0.717, 1.165) is 26.2 Å². The molecule has 2 aliphatic rings. The number of fused-ring (bicyclic) bond motifs is 1. The summed E-state index contributed by atoms with van der Waals surface area (Å²) < 4.78 is 5.88. The molecule has 0 aliphatic carbocycles. The Bertz CT molecular complexity index is 510. The van der Waals surface area contributed by atoms with Crippen molar-refractivity contribution in [3.8, 4) is 0 Å². The molecule has 7 nitrogen and oxygen atoms in total. The quantitative estimate of drug-likeness (QED) is 0.821. The van der Waals surface area contributed by atoms with Crippen LogP contribution in [0.25, 0.3) is 0 Å².